The lowest BCUT2D eigenvalue weighted by molar-refractivity contribution is -0.146. The average molecular weight is 312 g/mol. The highest BCUT2D eigenvalue weighted by Crippen LogP contribution is 2.30. The molecule has 1 aromatic carbocycles. The zero-order chi connectivity index (χ0) is 16.6. The highest BCUT2D eigenvalue weighted by Gasteiger charge is 2.47. The summed E-state index contributed by atoms with van der Waals surface area (Å²) < 4.78 is 0. The summed E-state index contributed by atoms with van der Waals surface area (Å²) in [5.41, 5.74) is 0.603. The molecule has 2 aliphatic heterocycles. The van der Waals surface area contributed by atoms with Crippen molar-refractivity contribution in [1.29, 1.82) is 0 Å². The minimum Gasteiger partial charge on any atom is -0.325 e. The van der Waals surface area contributed by atoms with Crippen LogP contribution in [0.3, 0.4) is 0 Å². The van der Waals surface area contributed by atoms with Crippen molar-refractivity contribution in [1.82, 2.24) is 9.80 Å². The Morgan fingerprint density at radius 2 is 1.91 bits per heavy atom. The van der Waals surface area contributed by atoms with Gasteiger partial charge in [0, 0.05) is 12.1 Å². The van der Waals surface area contributed by atoms with Crippen LogP contribution in [0.2, 0.25) is 0 Å². The van der Waals surface area contributed by atoms with E-state index in [-0.39, 0.29) is 23.4 Å². The molecule has 3 amide bonds. The molecule has 0 spiro atoms. The van der Waals surface area contributed by atoms with Crippen LogP contribution in [0.15, 0.2) is 42.1 Å². The van der Waals surface area contributed by atoms with Crippen molar-refractivity contribution in [2.24, 2.45) is 5.92 Å². The first-order chi connectivity index (χ1) is 11.0. The molecular weight excluding hydrogens is 292 g/mol. The maximum atomic E-state index is 12.8. The van der Waals surface area contributed by atoms with Crippen molar-refractivity contribution >= 4 is 17.7 Å². The van der Waals surface area contributed by atoms with Crippen molar-refractivity contribution in [3.63, 3.8) is 0 Å². The number of rotatable bonds is 2. The Morgan fingerprint density at radius 1 is 1.22 bits per heavy atom. The quantitative estimate of drug-likeness (QED) is 0.621. The highest BCUT2D eigenvalue weighted by atomic mass is 16.2. The van der Waals surface area contributed by atoms with Gasteiger partial charge >= 0.3 is 0 Å². The number of allylic oxidation sites excluding steroid dienone is 1. The topological polar surface area (TPSA) is 57.7 Å². The third-order valence-corrected chi connectivity index (χ3v) is 4.19. The van der Waals surface area contributed by atoms with E-state index < -0.39 is 11.9 Å². The third-order valence-electron chi connectivity index (χ3n) is 4.19. The Labute approximate surface area is 135 Å². The fourth-order valence-electron chi connectivity index (χ4n) is 3.16. The molecule has 2 aliphatic rings. The van der Waals surface area contributed by atoms with Gasteiger partial charge in [-0.2, -0.15) is 0 Å². The van der Waals surface area contributed by atoms with Crippen LogP contribution in [0.25, 0.3) is 0 Å². The number of amides is 3. The number of carbonyl (C=O) groups excluding carboxylic acids is 3. The number of nitrogens with zero attached hydrogens (tertiary/aromatic N) is 2. The smallest absolute Gasteiger partial charge is 0.271 e. The normalized spacial score (nSPS) is 22.9. The second kappa shape index (κ2) is 5.99. The van der Waals surface area contributed by atoms with Gasteiger partial charge in [0.2, 0.25) is 0 Å². The molecule has 0 aromatic heterocycles. The SMILES string of the molecule is CC(C)/C=C1\C(=O)N2CCCC2C(=O)N1C(=O)c1ccccc1. The van der Waals surface area contributed by atoms with Crippen LogP contribution < -0.4 is 0 Å². The molecule has 1 atom stereocenters. The molecule has 1 unspecified atom stereocenters. The van der Waals surface area contributed by atoms with Gasteiger partial charge in [-0.05, 0) is 30.9 Å². The van der Waals surface area contributed by atoms with Crippen LogP contribution >= 0.6 is 0 Å². The van der Waals surface area contributed by atoms with Crippen molar-refractivity contribution < 1.29 is 14.4 Å². The molecule has 2 saturated heterocycles. The van der Waals surface area contributed by atoms with Crippen LogP contribution in [0.4, 0.5) is 0 Å². The van der Waals surface area contributed by atoms with E-state index in [1.165, 1.54) is 0 Å². The lowest BCUT2D eigenvalue weighted by atomic mass is 10.0. The van der Waals surface area contributed by atoms with Gasteiger partial charge in [-0.1, -0.05) is 38.1 Å². The lowest BCUT2D eigenvalue weighted by Crippen LogP contribution is -2.57. The van der Waals surface area contributed by atoms with Crippen molar-refractivity contribution in [2.75, 3.05) is 6.54 Å². The van der Waals surface area contributed by atoms with E-state index in [2.05, 4.69) is 0 Å². The fraction of sp³-hybridized carbons (Fsp3) is 0.389. The zero-order valence-corrected chi connectivity index (χ0v) is 13.4. The van der Waals surface area contributed by atoms with Gasteiger partial charge in [0.25, 0.3) is 17.7 Å². The average Bonchev–Trinajstić information content (AvgIpc) is 3.03. The van der Waals surface area contributed by atoms with E-state index in [0.29, 0.717) is 18.5 Å². The van der Waals surface area contributed by atoms with E-state index >= 15 is 0 Å². The van der Waals surface area contributed by atoms with Crippen LogP contribution in [0, 0.1) is 5.92 Å². The number of carbonyl (C=O) groups is 3. The first kappa shape index (κ1) is 15.5. The summed E-state index contributed by atoms with van der Waals surface area (Å²) in [6.45, 7) is 4.43. The molecule has 0 saturated carbocycles. The fourth-order valence-corrected chi connectivity index (χ4v) is 3.16. The summed E-state index contributed by atoms with van der Waals surface area (Å²) >= 11 is 0. The second-order valence-electron chi connectivity index (χ2n) is 6.30. The summed E-state index contributed by atoms with van der Waals surface area (Å²) in [5.74, 6) is -0.873. The van der Waals surface area contributed by atoms with E-state index in [4.69, 9.17) is 0 Å². The lowest BCUT2D eigenvalue weighted by Gasteiger charge is -2.37. The Bertz CT molecular complexity index is 679. The van der Waals surface area contributed by atoms with Gasteiger partial charge in [0.1, 0.15) is 11.7 Å². The molecule has 0 aliphatic carbocycles. The van der Waals surface area contributed by atoms with E-state index in [9.17, 15) is 14.4 Å². The Kier molecular flexibility index (Phi) is 4.03. The van der Waals surface area contributed by atoms with E-state index in [0.717, 1.165) is 11.3 Å². The van der Waals surface area contributed by atoms with E-state index in [1.807, 2.05) is 19.9 Å². The summed E-state index contributed by atoms with van der Waals surface area (Å²) in [5, 5.41) is 0. The van der Waals surface area contributed by atoms with Crippen molar-refractivity contribution in [2.45, 2.75) is 32.7 Å². The van der Waals surface area contributed by atoms with Gasteiger partial charge in [-0.15, -0.1) is 0 Å². The first-order valence-electron chi connectivity index (χ1n) is 7.97. The van der Waals surface area contributed by atoms with Gasteiger partial charge in [-0.25, -0.2) is 4.90 Å². The van der Waals surface area contributed by atoms with E-state index in [1.54, 1.807) is 35.2 Å². The maximum Gasteiger partial charge on any atom is 0.271 e. The Balaban J connectivity index is 2.05. The van der Waals surface area contributed by atoms with Gasteiger partial charge in [0.05, 0.1) is 0 Å². The minimum atomic E-state index is -0.500. The summed E-state index contributed by atoms with van der Waals surface area (Å²) in [4.78, 5) is 41.1. The monoisotopic (exact) mass is 312 g/mol. The molecule has 2 fully saturated rings. The van der Waals surface area contributed by atoms with Gasteiger partial charge in [-0.3, -0.25) is 14.4 Å². The molecular formula is C18H20N2O3. The standard InChI is InChI=1S/C18H20N2O3/c1-12(2)11-15-17(22)19-10-6-9-14(19)18(23)20(15)16(21)13-7-4-3-5-8-13/h3-5,7-8,11-12,14H,6,9-10H2,1-2H3/b15-11+. The molecule has 0 radical (unpaired) electrons. The first-order valence-corrected chi connectivity index (χ1v) is 7.97. The molecule has 1 aromatic rings. The Morgan fingerprint density at radius 3 is 2.57 bits per heavy atom. The predicted octanol–water partition coefficient (Wildman–Crippen LogP) is 2.20. The molecule has 120 valence electrons. The van der Waals surface area contributed by atoms with Crippen molar-refractivity contribution in [3.8, 4) is 0 Å². The van der Waals surface area contributed by atoms with Crippen LogP contribution in [0.5, 0.6) is 0 Å². The number of imide groups is 1. The maximum absolute atomic E-state index is 12.8. The van der Waals surface area contributed by atoms with Gasteiger partial charge < -0.3 is 4.90 Å². The molecule has 0 bridgehead atoms. The molecule has 0 N–H and O–H groups in total. The number of hydrogen-bond donors (Lipinski definition) is 0. The Hall–Kier alpha value is -2.43. The van der Waals surface area contributed by atoms with Crippen LogP contribution in [-0.2, 0) is 9.59 Å². The summed E-state index contributed by atoms with van der Waals surface area (Å²) in [7, 11) is 0. The number of hydrogen-bond acceptors (Lipinski definition) is 3. The molecule has 23 heavy (non-hydrogen) atoms. The number of piperazine rings is 1. The molecule has 5 nitrogen and oxygen atoms in total. The molecule has 2 heterocycles. The minimum absolute atomic E-state index is 0.0620. The van der Waals surface area contributed by atoms with Crippen LogP contribution in [-0.4, -0.2) is 40.1 Å². The summed E-state index contributed by atoms with van der Waals surface area (Å²) in [6, 6.07) is 8.12. The van der Waals surface area contributed by atoms with Gasteiger partial charge in [0.15, 0.2) is 0 Å². The zero-order valence-electron chi connectivity index (χ0n) is 13.4. The largest absolute Gasteiger partial charge is 0.325 e. The number of benzene rings is 1. The second-order valence-corrected chi connectivity index (χ2v) is 6.30. The number of fused-ring (bicyclic) bond motifs is 1. The predicted molar refractivity (Wildman–Crippen MR) is 85.3 cm³/mol. The highest BCUT2D eigenvalue weighted by molar-refractivity contribution is 6.16. The molecule has 3 rings (SSSR count). The third kappa shape index (κ3) is 2.67. The molecule has 5 heteroatoms. The summed E-state index contributed by atoms with van der Waals surface area (Å²) in [6.07, 6.45) is 3.12. The van der Waals surface area contributed by atoms with Crippen molar-refractivity contribution in [3.05, 3.63) is 47.7 Å². The van der Waals surface area contributed by atoms with Crippen LogP contribution in [0.1, 0.15) is 37.0 Å².